The van der Waals surface area contributed by atoms with E-state index < -0.39 is 0 Å². The Bertz CT molecular complexity index is 1840. The first-order valence-electron chi connectivity index (χ1n) is 12.5. The molecule has 0 aliphatic rings. The largest absolute Gasteiger partial charge is 0.0622 e. The highest BCUT2D eigenvalue weighted by molar-refractivity contribution is 6.25. The van der Waals surface area contributed by atoms with Crippen molar-refractivity contribution in [2.24, 2.45) is 0 Å². The highest BCUT2D eigenvalue weighted by atomic mass is 14.2. The summed E-state index contributed by atoms with van der Waals surface area (Å²) in [6, 6.07) is 52.7. The number of hydrogen-bond acceptors (Lipinski definition) is 0. The van der Waals surface area contributed by atoms with E-state index in [2.05, 4.69) is 146 Å². The van der Waals surface area contributed by atoms with E-state index in [9.17, 15) is 0 Å². The molecule has 0 heteroatoms. The third-order valence-electron chi connectivity index (χ3n) is 7.25. The monoisotopic (exact) mass is 456 g/mol. The first kappa shape index (κ1) is 20.7. The van der Waals surface area contributed by atoms with E-state index in [1.807, 2.05) is 0 Å². The van der Waals surface area contributed by atoms with Crippen molar-refractivity contribution < 1.29 is 0 Å². The zero-order valence-electron chi connectivity index (χ0n) is 19.9. The molecule has 0 amide bonds. The minimum atomic E-state index is 1.24. The minimum absolute atomic E-state index is 1.24. The maximum Gasteiger partial charge on any atom is -0.00259 e. The lowest BCUT2D eigenvalue weighted by Crippen LogP contribution is -1.89. The van der Waals surface area contributed by atoms with Crippen molar-refractivity contribution in [3.05, 3.63) is 146 Å². The normalized spacial score (nSPS) is 11.3. The molecule has 0 fully saturated rings. The first-order valence-corrected chi connectivity index (χ1v) is 12.5. The lowest BCUT2D eigenvalue weighted by molar-refractivity contribution is 1.61. The van der Waals surface area contributed by atoms with Crippen LogP contribution in [0, 0.1) is 0 Å². The van der Waals surface area contributed by atoms with Gasteiger partial charge in [-0.2, -0.15) is 0 Å². The molecule has 0 saturated carbocycles. The molecule has 36 heavy (non-hydrogen) atoms. The smallest absolute Gasteiger partial charge is 0.00259 e. The lowest BCUT2D eigenvalue weighted by Gasteiger charge is -2.16. The molecule has 0 aliphatic carbocycles. The summed E-state index contributed by atoms with van der Waals surface area (Å²) in [5.74, 6) is 0. The summed E-state index contributed by atoms with van der Waals surface area (Å²) in [6.07, 6.45) is 0. The van der Waals surface area contributed by atoms with E-state index in [1.54, 1.807) is 0 Å². The van der Waals surface area contributed by atoms with Gasteiger partial charge in [-0.1, -0.05) is 133 Å². The number of hydrogen-bond donors (Lipinski definition) is 0. The average molecular weight is 457 g/mol. The van der Waals surface area contributed by atoms with Gasteiger partial charge in [-0.05, 0) is 77.8 Å². The topological polar surface area (TPSA) is 0 Å². The fraction of sp³-hybridized carbons (Fsp3) is 0. The van der Waals surface area contributed by atoms with Crippen molar-refractivity contribution in [1.29, 1.82) is 0 Å². The maximum atomic E-state index is 2.38. The molecule has 0 heterocycles. The Hall–Kier alpha value is -4.68. The van der Waals surface area contributed by atoms with Crippen LogP contribution in [0.2, 0.25) is 0 Å². The van der Waals surface area contributed by atoms with Gasteiger partial charge in [0.2, 0.25) is 0 Å². The number of benzene rings is 7. The summed E-state index contributed by atoms with van der Waals surface area (Å²) in [7, 11) is 0. The molecule has 168 valence electrons. The minimum Gasteiger partial charge on any atom is -0.0622 e. The van der Waals surface area contributed by atoms with Crippen LogP contribution in [-0.4, -0.2) is 0 Å². The van der Waals surface area contributed by atoms with Gasteiger partial charge in [0.1, 0.15) is 0 Å². The predicted molar refractivity (Wildman–Crippen MR) is 155 cm³/mol. The van der Waals surface area contributed by atoms with Crippen LogP contribution in [0.3, 0.4) is 0 Å². The molecule has 0 spiro atoms. The Kier molecular flexibility index (Phi) is 4.89. The number of fused-ring (bicyclic) bond motifs is 5. The Morgan fingerprint density at radius 2 is 0.639 bits per heavy atom. The van der Waals surface area contributed by atoms with Crippen molar-refractivity contribution in [2.75, 3.05) is 0 Å². The molecule has 0 N–H and O–H groups in total. The van der Waals surface area contributed by atoms with Crippen LogP contribution in [0.4, 0.5) is 0 Å². The summed E-state index contributed by atoms with van der Waals surface area (Å²) in [4.78, 5) is 0. The molecule has 0 saturated heterocycles. The van der Waals surface area contributed by atoms with Gasteiger partial charge in [0, 0.05) is 0 Å². The van der Waals surface area contributed by atoms with E-state index in [-0.39, 0.29) is 0 Å². The predicted octanol–water partition coefficient (Wildman–Crippen LogP) is 10.1. The van der Waals surface area contributed by atoms with Crippen molar-refractivity contribution >= 4 is 32.3 Å². The third-order valence-corrected chi connectivity index (χ3v) is 7.25. The molecular weight excluding hydrogens is 432 g/mol. The van der Waals surface area contributed by atoms with Crippen molar-refractivity contribution in [1.82, 2.24) is 0 Å². The molecule has 0 aliphatic heterocycles. The van der Waals surface area contributed by atoms with Crippen LogP contribution in [0.25, 0.3) is 65.7 Å². The van der Waals surface area contributed by atoms with Crippen LogP contribution in [0.15, 0.2) is 146 Å². The van der Waals surface area contributed by atoms with E-state index in [0.717, 1.165) is 0 Å². The van der Waals surface area contributed by atoms with E-state index in [1.165, 1.54) is 65.7 Å². The van der Waals surface area contributed by atoms with Gasteiger partial charge >= 0.3 is 0 Å². The second-order valence-corrected chi connectivity index (χ2v) is 9.35. The Morgan fingerprint density at radius 3 is 1.17 bits per heavy atom. The van der Waals surface area contributed by atoms with E-state index >= 15 is 0 Å². The van der Waals surface area contributed by atoms with Crippen LogP contribution in [0.5, 0.6) is 0 Å². The van der Waals surface area contributed by atoms with E-state index in [4.69, 9.17) is 0 Å². The molecule has 7 aromatic rings. The highest BCUT2D eigenvalue weighted by Gasteiger charge is 2.14. The quantitative estimate of drug-likeness (QED) is 0.232. The zero-order valence-corrected chi connectivity index (χ0v) is 19.9. The van der Waals surface area contributed by atoms with Crippen LogP contribution >= 0.6 is 0 Å². The molecule has 0 bridgehead atoms. The van der Waals surface area contributed by atoms with Gasteiger partial charge in [-0.3, -0.25) is 0 Å². The molecule has 0 unspecified atom stereocenters. The zero-order chi connectivity index (χ0) is 23.9. The SMILES string of the molecule is c1ccc(-c2ccc(-c3cc4cc(-c5ccccc5)c5ccccc5c4c4ccccc34)cc2)cc1. The van der Waals surface area contributed by atoms with Crippen molar-refractivity contribution in [3.8, 4) is 33.4 Å². The standard InChI is InChI=1S/C36H24/c1-3-11-25(12-4-1)26-19-21-28(22-20-26)35-24-29-23-34(27-13-5-2-6-14-27)30-15-7-9-17-32(30)36(29)33-18-10-8-16-31(33)35/h1-24H. The van der Waals surface area contributed by atoms with Crippen LogP contribution < -0.4 is 0 Å². The van der Waals surface area contributed by atoms with Gasteiger partial charge < -0.3 is 0 Å². The molecule has 0 nitrogen and oxygen atoms in total. The second kappa shape index (κ2) is 8.52. The van der Waals surface area contributed by atoms with Crippen molar-refractivity contribution in [3.63, 3.8) is 0 Å². The first-order chi connectivity index (χ1) is 17.9. The summed E-state index contributed by atoms with van der Waals surface area (Å²) in [5.41, 5.74) is 7.51. The van der Waals surface area contributed by atoms with Gasteiger partial charge in [-0.15, -0.1) is 0 Å². The molecule has 7 rings (SSSR count). The van der Waals surface area contributed by atoms with Crippen LogP contribution in [-0.2, 0) is 0 Å². The van der Waals surface area contributed by atoms with Gasteiger partial charge in [0.05, 0.1) is 0 Å². The Balaban J connectivity index is 1.52. The van der Waals surface area contributed by atoms with Crippen molar-refractivity contribution in [2.45, 2.75) is 0 Å². The average Bonchev–Trinajstić information content (AvgIpc) is 2.97. The summed E-state index contributed by atoms with van der Waals surface area (Å²) in [6.45, 7) is 0. The van der Waals surface area contributed by atoms with Gasteiger partial charge in [0.15, 0.2) is 0 Å². The Labute approximate surface area is 211 Å². The third kappa shape index (κ3) is 3.39. The van der Waals surface area contributed by atoms with Crippen LogP contribution in [0.1, 0.15) is 0 Å². The lowest BCUT2D eigenvalue weighted by atomic mass is 9.87. The molecule has 0 aromatic heterocycles. The maximum absolute atomic E-state index is 2.38. The summed E-state index contributed by atoms with van der Waals surface area (Å²) in [5, 5.41) is 7.78. The fourth-order valence-electron chi connectivity index (χ4n) is 5.55. The van der Waals surface area contributed by atoms with Gasteiger partial charge in [0.25, 0.3) is 0 Å². The van der Waals surface area contributed by atoms with Gasteiger partial charge in [-0.25, -0.2) is 0 Å². The number of rotatable bonds is 3. The Morgan fingerprint density at radius 1 is 0.278 bits per heavy atom. The fourth-order valence-corrected chi connectivity index (χ4v) is 5.55. The second-order valence-electron chi connectivity index (χ2n) is 9.35. The molecule has 0 radical (unpaired) electrons. The highest BCUT2D eigenvalue weighted by Crippen LogP contribution is 2.42. The molecule has 7 aromatic carbocycles. The summed E-state index contributed by atoms with van der Waals surface area (Å²) < 4.78 is 0. The summed E-state index contributed by atoms with van der Waals surface area (Å²) >= 11 is 0. The molecular formula is C36H24. The molecule has 0 atom stereocenters. The van der Waals surface area contributed by atoms with E-state index in [0.29, 0.717) is 0 Å².